The maximum absolute atomic E-state index is 14.5. The first-order valence-electron chi connectivity index (χ1n) is 7.52. The molecule has 1 heterocycles. The van der Waals surface area contributed by atoms with Crippen LogP contribution < -0.4 is 10.6 Å². The van der Waals surface area contributed by atoms with E-state index in [1.54, 1.807) is 0 Å². The molecule has 1 saturated heterocycles. The summed E-state index contributed by atoms with van der Waals surface area (Å²) < 4.78 is 34.9. The van der Waals surface area contributed by atoms with Crippen molar-refractivity contribution in [3.05, 3.63) is 23.8 Å². The topological polar surface area (TPSA) is 9.23 Å². The van der Waals surface area contributed by atoms with Gasteiger partial charge in [-0.25, -0.2) is 8.78 Å². The zero-order chi connectivity index (χ0) is 16.2. The SMILES string of the molecule is CC1(C)CB(c2cc(F)c([Si](C)(C)C)cc2F)OC1(C)C. The minimum atomic E-state index is -1.88. The van der Waals surface area contributed by atoms with E-state index in [0.717, 1.165) is 0 Å². The fraction of sp³-hybridized carbons (Fsp3) is 0.625. The quantitative estimate of drug-likeness (QED) is 0.759. The molecule has 0 atom stereocenters. The Balaban J connectivity index is 2.42. The minimum Gasteiger partial charge on any atom is -0.425 e. The summed E-state index contributed by atoms with van der Waals surface area (Å²) in [5, 5.41) is 0.542. The van der Waals surface area contributed by atoms with Crippen LogP contribution in [0, 0.1) is 17.0 Å². The van der Waals surface area contributed by atoms with E-state index in [0.29, 0.717) is 17.0 Å². The van der Waals surface area contributed by atoms with Crippen LogP contribution in [0.4, 0.5) is 8.78 Å². The molecule has 0 radical (unpaired) electrons. The predicted octanol–water partition coefficient (Wildman–Crippen LogP) is 3.54. The summed E-state index contributed by atoms with van der Waals surface area (Å²) in [4.78, 5) is 0. The maximum atomic E-state index is 14.5. The number of benzene rings is 1. The molecule has 5 heteroatoms. The standard InChI is InChI=1S/C16H25BF2OSi/c1-15(2)10-17(20-16(15,3)4)11-8-13(19)14(9-12(11)18)21(5,6)7/h8-9H,10H2,1-7H3. The van der Waals surface area contributed by atoms with Crippen LogP contribution in [0.3, 0.4) is 0 Å². The third-order valence-corrected chi connectivity index (χ3v) is 7.00. The molecule has 1 aliphatic rings. The molecule has 1 aliphatic heterocycles. The van der Waals surface area contributed by atoms with Crippen LogP contribution >= 0.6 is 0 Å². The van der Waals surface area contributed by atoms with Crippen molar-refractivity contribution in [2.45, 2.75) is 59.3 Å². The van der Waals surface area contributed by atoms with Crippen molar-refractivity contribution in [1.29, 1.82) is 0 Å². The van der Waals surface area contributed by atoms with Gasteiger partial charge in [0, 0.05) is 0 Å². The van der Waals surface area contributed by atoms with Gasteiger partial charge in [-0.1, -0.05) is 33.5 Å². The van der Waals surface area contributed by atoms with Crippen LogP contribution in [0.15, 0.2) is 12.1 Å². The lowest BCUT2D eigenvalue weighted by atomic mass is 9.54. The highest BCUT2D eigenvalue weighted by atomic mass is 28.3. The Kier molecular flexibility index (Phi) is 3.91. The maximum Gasteiger partial charge on any atom is 0.330 e. The summed E-state index contributed by atoms with van der Waals surface area (Å²) in [7, 11) is -1.88. The molecule has 0 amide bonds. The van der Waals surface area contributed by atoms with Crippen LogP contribution in [0.5, 0.6) is 0 Å². The van der Waals surface area contributed by atoms with Crippen molar-refractivity contribution in [3.8, 4) is 0 Å². The molecule has 1 fully saturated rings. The molecule has 2 rings (SSSR count). The van der Waals surface area contributed by atoms with Crippen molar-refractivity contribution in [2.75, 3.05) is 0 Å². The molecule has 0 bridgehead atoms. The molecule has 1 aromatic carbocycles. The zero-order valence-electron chi connectivity index (χ0n) is 14.1. The first-order valence-corrected chi connectivity index (χ1v) is 11.0. The van der Waals surface area contributed by atoms with Crippen molar-refractivity contribution in [2.24, 2.45) is 5.41 Å². The third kappa shape index (κ3) is 2.95. The molecule has 116 valence electrons. The van der Waals surface area contributed by atoms with Crippen molar-refractivity contribution < 1.29 is 13.4 Å². The molecule has 0 spiro atoms. The molecule has 0 aliphatic carbocycles. The van der Waals surface area contributed by atoms with E-state index in [4.69, 9.17) is 4.65 Å². The normalized spacial score (nSPS) is 20.9. The van der Waals surface area contributed by atoms with Gasteiger partial charge in [0.25, 0.3) is 0 Å². The summed E-state index contributed by atoms with van der Waals surface area (Å²) in [5.74, 6) is -0.635. The smallest absolute Gasteiger partial charge is 0.330 e. The van der Waals surface area contributed by atoms with Crippen LogP contribution in [0.1, 0.15) is 27.7 Å². The Morgan fingerprint density at radius 1 is 1.05 bits per heavy atom. The van der Waals surface area contributed by atoms with Gasteiger partial charge in [0.2, 0.25) is 0 Å². The van der Waals surface area contributed by atoms with Gasteiger partial charge in [-0.05, 0) is 48.4 Å². The van der Waals surface area contributed by atoms with E-state index in [-0.39, 0.29) is 29.6 Å². The fourth-order valence-corrected chi connectivity index (χ4v) is 4.17. The Bertz CT molecular complexity index is 548. The van der Waals surface area contributed by atoms with E-state index in [9.17, 15) is 8.78 Å². The van der Waals surface area contributed by atoms with Crippen LogP contribution in [0.2, 0.25) is 26.0 Å². The molecule has 21 heavy (non-hydrogen) atoms. The molecule has 0 saturated carbocycles. The molecular weight excluding hydrogens is 285 g/mol. The number of rotatable bonds is 2. The van der Waals surface area contributed by atoms with Gasteiger partial charge in [0.05, 0.1) is 13.7 Å². The molecule has 1 nitrogen and oxygen atoms in total. The van der Waals surface area contributed by atoms with E-state index >= 15 is 0 Å². The largest absolute Gasteiger partial charge is 0.425 e. The predicted molar refractivity (Wildman–Crippen MR) is 88.5 cm³/mol. The van der Waals surface area contributed by atoms with Crippen molar-refractivity contribution in [1.82, 2.24) is 0 Å². The van der Waals surface area contributed by atoms with Crippen molar-refractivity contribution >= 4 is 25.6 Å². The summed E-state index contributed by atoms with van der Waals surface area (Å²) in [5.41, 5.74) is -0.0658. The number of hydrogen-bond acceptors (Lipinski definition) is 1. The summed E-state index contributed by atoms with van der Waals surface area (Å²) in [6.45, 7) is 13.9. The zero-order valence-corrected chi connectivity index (χ0v) is 15.1. The van der Waals surface area contributed by atoms with Gasteiger partial charge >= 0.3 is 6.92 Å². The lowest BCUT2D eigenvalue weighted by Gasteiger charge is -2.34. The van der Waals surface area contributed by atoms with Gasteiger partial charge < -0.3 is 4.65 Å². The fourth-order valence-electron chi connectivity index (χ4n) is 2.82. The minimum absolute atomic E-state index is 0.0714. The van der Waals surface area contributed by atoms with Crippen LogP contribution in [-0.4, -0.2) is 20.6 Å². The first-order chi connectivity index (χ1) is 9.35. The highest BCUT2D eigenvalue weighted by Gasteiger charge is 2.50. The lowest BCUT2D eigenvalue weighted by Crippen LogP contribution is -2.44. The Morgan fingerprint density at radius 2 is 1.62 bits per heavy atom. The lowest BCUT2D eigenvalue weighted by molar-refractivity contribution is 0.0375. The van der Waals surface area contributed by atoms with Crippen molar-refractivity contribution in [3.63, 3.8) is 0 Å². The highest BCUT2D eigenvalue weighted by Crippen LogP contribution is 2.45. The molecule has 1 aromatic rings. The second-order valence-corrected chi connectivity index (χ2v) is 13.3. The van der Waals surface area contributed by atoms with E-state index in [1.807, 2.05) is 33.5 Å². The van der Waals surface area contributed by atoms with Gasteiger partial charge in [-0.15, -0.1) is 0 Å². The second kappa shape index (κ2) is 4.92. The van der Waals surface area contributed by atoms with E-state index < -0.39 is 8.07 Å². The Labute approximate surface area is 128 Å². The summed E-state index contributed by atoms with van der Waals surface area (Å²) in [6, 6.07) is 2.74. The Morgan fingerprint density at radius 3 is 2.05 bits per heavy atom. The summed E-state index contributed by atoms with van der Waals surface area (Å²) in [6.07, 6.45) is 0.697. The second-order valence-electron chi connectivity index (χ2n) is 8.31. The third-order valence-electron chi connectivity index (χ3n) is 5.00. The van der Waals surface area contributed by atoms with Gasteiger partial charge in [-0.3, -0.25) is 0 Å². The average molecular weight is 310 g/mol. The van der Waals surface area contributed by atoms with Crippen LogP contribution in [-0.2, 0) is 4.65 Å². The van der Waals surface area contributed by atoms with Crippen LogP contribution in [0.25, 0.3) is 0 Å². The molecular formula is C16H25BF2OSi. The number of hydrogen-bond donors (Lipinski definition) is 0. The molecule has 0 N–H and O–H groups in total. The Hall–Kier alpha value is -0.678. The van der Waals surface area contributed by atoms with E-state index in [1.165, 1.54) is 12.1 Å². The van der Waals surface area contributed by atoms with Gasteiger partial charge in [0.15, 0.2) is 0 Å². The average Bonchev–Trinajstić information content (AvgIpc) is 2.49. The monoisotopic (exact) mass is 310 g/mol. The highest BCUT2D eigenvalue weighted by molar-refractivity contribution is 6.88. The van der Waals surface area contributed by atoms with Gasteiger partial charge in [-0.2, -0.15) is 0 Å². The first kappa shape index (κ1) is 16.7. The van der Waals surface area contributed by atoms with E-state index in [2.05, 4.69) is 13.8 Å². The molecule has 0 unspecified atom stereocenters. The van der Waals surface area contributed by atoms with Gasteiger partial charge in [0.1, 0.15) is 11.6 Å². The number of halogens is 2. The molecule has 0 aromatic heterocycles. The summed E-state index contributed by atoms with van der Waals surface area (Å²) >= 11 is 0.